The third kappa shape index (κ3) is 8.71. The van der Waals surface area contributed by atoms with Crippen LogP contribution in [-0.2, 0) is 4.29 Å². The Kier molecular flexibility index (Phi) is 7.16. The molecule has 0 aliphatic carbocycles. The minimum absolute atomic E-state index is 0.340. The van der Waals surface area contributed by atoms with Gasteiger partial charge in [-0.3, -0.25) is 0 Å². The summed E-state index contributed by atoms with van der Waals surface area (Å²) in [6.07, 6.45) is 3.59. The first-order valence-electron chi connectivity index (χ1n) is 5.98. The second-order valence-electron chi connectivity index (χ2n) is 4.41. The number of allylic oxidation sites excluding steroid dienone is 1. The fraction of sp³-hybridized carbons (Fsp3) is 0.308. The summed E-state index contributed by atoms with van der Waals surface area (Å²) in [5.74, 6) is 0. The lowest BCUT2D eigenvalue weighted by molar-refractivity contribution is -1.92. The van der Waals surface area contributed by atoms with E-state index in [4.69, 9.17) is 0 Å². The molecular weight excluding hydrogens is 316 g/mol. The Hall–Kier alpha value is -1.09. The third-order valence-electron chi connectivity index (χ3n) is 2.10. The predicted molar refractivity (Wildman–Crippen MR) is 72.3 cm³/mol. The topological polar surface area (TPSA) is 84.7 Å². The molecule has 0 N–H and O–H groups in total. The van der Waals surface area contributed by atoms with E-state index in [0.717, 1.165) is 9.80 Å². The third-order valence-corrected chi connectivity index (χ3v) is 3.42. The SMILES string of the molecule is CN(C=C(C=[N+](C)C)Sc1ccccc1)CO[Cl+3]([O-])([O-])[O-]. The molecule has 0 spiro atoms. The van der Waals surface area contributed by atoms with Gasteiger partial charge in [-0.15, -0.1) is 0 Å². The molecule has 0 atom stereocenters. The molecule has 0 bridgehead atoms. The average molecular weight is 334 g/mol. The molecule has 1 rings (SSSR count). The molecule has 0 radical (unpaired) electrons. The summed E-state index contributed by atoms with van der Waals surface area (Å²) in [5.41, 5.74) is 0. The molecule has 0 saturated carbocycles. The Balaban J connectivity index is 2.77. The average Bonchev–Trinajstić information content (AvgIpc) is 2.36. The van der Waals surface area contributed by atoms with E-state index < -0.39 is 10.2 Å². The van der Waals surface area contributed by atoms with E-state index in [1.807, 2.05) is 55.2 Å². The van der Waals surface area contributed by atoms with Crippen LogP contribution < -0.4 is 14.0 Å². The van der Waals surface area contributed by atoms with E-state index in [0.29, 0.717) is 0 Å². The highest BCUT2D eigenvalue weighted by Crippen LogP contribution is 2.25. The smallest absolute Gasteiger partial charge is 0.276 e. The first kappa shape index (κ1) is 18.0. The van der Waals surface area contributed by atoms with Gasteiger partial charge in [-0.1, -0.05) is 30.0 Å². The first-order chi connectivity index (χ1) is 9.76. The van der Waals surface area contributed by atoms with E-state index in [-0.39, 0.29) is 6.73 Å². The van der Waals surface area contributed by atoms with E-state index in [2.05, 4.69) is 4.29 Å². The van der Waals surface area contributed by atoms with Crippen LogP contribution in [0.2, 0.25) is 0 Å². The van der Waals surface area contributed by atoms with Crippen molar-refractivity contribution in [3.63, 3.8) is 0 Å². The minimum atomic E-state index is -4.42. The van der Waals surface area contributed by atoms with Crippen LogP contribution in [0, 0.1) is 10.2 Å². The van der Waals surface area contributed by atoms with E-state index in [1.165, 1.54) is 16.7 Å². The monoisotopic (exact) mass is 333 g/mol. The van der Waals surface area contributed by atoms with Crippen molar-refractivity contribution in [1.29, 1.82) is 0 Å². The molecule has 8 heteroatoms. The van der Waals surface area contributed by atoms with Crippen molar-refractivity contribution in [2.45, 2.75) is 4.90 Å². The maximum Gasteiger partial charge on any atom is 0.276 e. The summed E-state index contributed by atoms with van der Waals surface area (Å²) in [7, 11) is 0.977. The quantitative estimate of drug-likeness (QED) is 0.269. The largest absolute Gasteiger partial charge is 0.343 e. The molecule has 0 unspecified atom stereocenters. The number of rotatable bonds is 7. The Bertz CT molecular complexity index is 499. The van der Waals surface area contributed by atoms with Crippen LogP contribution in [0.4, 0.5) is 0 Å². The summed E-state index contributed by atoms with van der Waals surface area (Å²) in [6.45, 7) is -0.340. The minimum Gasteiger partial charge on any atom is -0.343 e. The fourth-order valence-electron chi connectivity index (χ4n) is 1.36. The molecule has 116 valence electrons. The van der Waals surface area contributed by atoms with Gasteiger partial charge in [0.05, 0.1) is 19.4 Å². The zero-order chi connectivity index (χ0) is 15.9. The lowest BCUT2D eigenvalue weighted by atomic mass is 10.4. The highest BCUT2D eigenvalue weighted by atomic mass is 35.7. The van der Waals surface area contributed by atoms with Crippen LogP contribution >= 0.6 is 11.8 Å². The molecule has 0 heterocycles. The van der Waals surface area contributed by atoms with E-state index >= 15 is 0 Å². The predicted octanol–water partition coefficient (Wildman–Crippen LogP) is -1.23. The lowest BCUT2D eigenvalue weighted by Crippen LogP contribution is -2.61. The van der Waals surface area contributed by atoms with E-state index in [1.54, 1.807) is 13.2 Å². The van der Waals surface area contributed by atoms with Gasteiger partial charge in [0.2, 0.25) is 0 Å². The molecule has 21 heavy (non-hydrogen) atoms. The zero-order valence-corrected chi connectivity index (χ0v) is 13.6. The summed E-state index contributed by atoms with van der Waals surface area (Å²) >= 11 is 1.52. The van der Waals surface area contributed by atoms with Gasteiger partial charge in [0.1, 0.15) is 14.1 Å². The van der Waals surface area contributed by atoms with Gasteiger partial charge in [-0.05, 0) is 12.1 Å². The normalized spacial score (nSPS) is 12.2. The molecule has 1 aromatic carbocycles. The molecule has 0 amide bonds. The Morgan fingerprint density at radius 3 is 2.43 bits per heavy atom. The Morgan fingerprint density at radius 1 is 1.29 bits per heavy atom. The molecule has 0 saturated heterocycles. The van der Waals surface area contributed by atoms with Gasteiger partial charge in [0.15, 0.2) is 6.21 Å². The first-order valence-corrected chi connectivity index (χ1v) is 8.03. The summed E-state index contributed by atoms with van der Waals surface area (Å²) in [6, 6.07) is 9.75. The standard InChI is InChI=1S/C13H18ClN2O4S/c1-15(2)9-13(21-12-7-5-4-6-8-12)10-16(3)11-20-14(17,18)19/h4-10H,11H2,1-3H3/q+1. The Labute approximate surface area is 130 Å². The highest BCUT2D eigenvalue weighted by Gasteiger charge is 2.18. The summed E-state index contributed by atoms with van der Waals surface area (Å²) in [5, 5.41) is 0. The molecule has 0 aliphatic heterocycles. The van der Waals surface area contributed by atoms with Crippen LogP contribution in [0.5, 0.6) is 0 Å². The van der Waals surface area contributed by atoms with Crippen LogP contribution in [0.3, 0.4) is 0 Å². The van der Waals surface area contributed by atoms with Crippen molar-refractivity contribution in [2.24, 2.45) is 0 Å². The Morgan fingerprint density at radius 2 is 1.90 bits per heavy atom. The van der Waals surface area contributed by atoms with Crippen LogP contribution in [0.25, 0.3) is 0 Å². The molecule has 6 nitrogen and oxygen atoms in total. The molecule has 0 aromatic heterocycles. The molecule has 0 fully saturated rings. The van der Waals surface area contributed by atoms with E-state index in [9.17, 15) is 14.0 Å². The number of hydrogen-bond acceptors (Lipinski definition) is 6. The van der Waals surface area contributed by atoms with Crippen LogP contribution in [0.1, 0.15) is 0 Å². The second kappa shape index (κ2) is 8.38. The van der Waals surface area contributed by atoms with Gasteiger partial charge in [0.25, 0.3) is 6.73 Å². The number of hydrogen-bond donors (Lipinski definition) is 0. The molecule has 0 aliphatic rings. The second-order valence-corrected chi connectivity index (χ2v) is 6.53. The zero-order valence-electron chi connectivity index (χ0n) is 12.1. The van der Waals surface area contributed by atoms with Crippen LogP contribution in [-0.4, -0.2) is 43.6 Å². The van der Waals surface area contributed by atoms with Gasteiger partial charge in [-0.2, -0.15) is 14.0 Å². The highest BCUT2D eigenvalue weighted by molar-refractivity contribution is 8.03. The van der Waals surface area contributed by atoms with Crippen molar-refractivity contribution in [1.82, 2.24) is 4.90 Å². The van der Waals surface area contributed by atoms with Crippen LogP contribution in [0.15, 0.2) is 46.3 Å². The summed E-state index contributed by atoms with van der Waals surface area (Å²) in [4.78, 5) is 3.40. The number of nitrogens with zero attached hydrogens (tertiary/aromatic N) is 2. The van der Waals surface area contributed by atoms with Crippen molar-refractivity contribution in [3.8, 4) is 0 Å². The number of halogens is 1. The fourth-order valence-corrected chi connectivity index (χ4v) is 2.69. The number of thioether (sulfide) groups is 1. The van der Waals surface area contributed by atoms with Crippen molar-refractivity contribution in [2.75, 3.05) is 27.9 Å². The molecular formula is C13H18ClN2O4S+. The number of benzene rings is 1. The molecule has 1 aromatic rings. The lowest BCUT2D eigenvalue weighted by Gasteiger charge is -2.16. The maximum absolute atomic E-state index is 10.4. The van der Waals surface area contributed by atoms with Crippen molar-refractivity contribution >= 4 is 18.0 Å². The van der Waals surface area contributed by atoms with Gasteiger partial charge in [-0.25, -0.2) is 4.58 Å². The van der Waals surface area contributed by atoms with Crippen molar-refractivity contribution < 1.29 is 33.1 Å². The summed E-state index contributed by atoms with van der Waals surface area (Å²) < 4.78 is 37.3. The van der Waals surface area contributed by atoms with Gasteiger partial charge in [0, 0.05) is 18.1 Å². The van der Waals surface area contributed by atoms with Gasteiger partial charge < -0.3 is 4.90 Å². The maximum atomic E-state index is 10.4. The van der Waals surface area contributed by atoms with Gasteiger partial charge >= 0.3 is 0 Å². The van der Waals surface area contributed by atoms with Crippen molar-refractivity contribution in [3.05, 3.63) is 41.4 Å².